The van der Waals surface area contributed by atoms with E-state index in [4.69, 9.17) is 9.73 Å². The van der Waals surface area contributed by atoms with Gasteiger partial charge in [0.05, 0.1) is 25.3 Å². The summed E-state index contributed by atoms with van der Waals surface area (Å²) in [6, 6.07) is 8.61. The van der Waals surface area contributed by atoms with Crippen LogP contribution in [-0.2, 0) is 24.4 Å². The second-order valence-corrected chi connectivity index (χ2v) is 8.95. The van der Waals surface area contributed by atoms with Crippen molar-refractivity contribution in [2.24, 2.45) is 4.99 Å². The molecule has 0 bridgehead atoms. The maximum atomic E-state index is 5.87. The number of aromatic nitrogens is 1. The Morgan fingerprint density at radius 2 is 1.93 bits per heavy atom. The fourth-order valence-corrected chi connectivity index (χ4v) is 4.40. The molecule has 2 heterocycles. The fourth-order valence-electron chi connectivity index (χ4n) is 3.67. The third-order valence-electron chi connectivity index (χ3n) is 4.84. The number of hydrogen-bond acceptors (Lipinski definition) is 5. The number of aliphatic imine (C=N–C) groups is 1. The van der Waals surface area contributed by atoms with Crippen LogP contribution in [0.5, 0.6) is 0 Å². The van der Waals surface area contributed by atoms with Crippen molar-refractivity contribution in [3.8, 4) is 0 Å². The van der Waals surface area contributed by atoms with Crippen molar-refractivity contribution in [2.75, 3.05) is 19.6 Å². The molecule has 0 spiro atoms. The number of hydrogen-bond donors (Lipinski definition) is 2. The number of benzene rings is 1. The Kier molecular flexibility index (Phi) is 8.03. The van der Waals surface area contributed by atoms with E-state index in [0.29, 0.717) is 13.1 Å². The van der Waals surface area contributed by atoms with Gasteiger partial charge in [-0.2, -0.15) is 0 Å². The first-order valence-electron chi connectivity index (χ1n) is 10.4. The van der Waals surface area contributed by atoms with Gasteiger partial charge < -0.3 is 15.4 Å². The molecule has 2 N–H and O–H groups in total. The Balaban J connectivity index is 1.64. The van der Waals surface area contributed by atoms with Crippen LogP contribution in [-0.4, -0.2) is 47.7 Å². The highest BCUT2D eigenvalue weighted by Crippen LogP contribution is 2.17. The Hall–Kier alpha value is -1.96. The van der Waals surface area contributed by atoms with E-state index in [0.717, 1.165) is 37.1 Å². The number of aryl methyl sites for hydroxylation is 1. The van der Waals surface area contributed by atoms with Crippen LogP contribution in [0.3, 0.4) is 0 Å². The van der Waals surface area contributed by atoms with E-state index in [1.54, 1.807) is 11.3 Å². The highest BCUT2D eigenvalue weighted by Gasteiger charge is 2.22. The van der Waals surface area contributed by atoms with Gasteiger partial charge in [0.2, 0.25) is 0 Å². The van der Waals surface area contributed by atoms with E-state index in [1.165, 1.54) is 16.0 Å². The SMILES string of the molecule is CCNC(=NCc1ccccc1CN1CC(C)OC(C)C1)NCc1ncc(C)s1. The van der Waals surface area contributed by atoms with Gasteiger partial charge in [-0.1, -0.05) is 24.3 Å². The maximum Gasteiger partial charge on any atom is 0.191 e. The molecule has 3 rings (SSSR count). The molecule has 1 fully saturated rings. The largest absolute Gasteiger partial charge is 0.373 e. The summed E-state index contributed by atoms with van der Waals surface area (Å²) in [5.41, 5.74) is 2.60. The lowest BCUT2D eigenvalue weighted by Crippen LogP contribution is -2.44. The average molecular weight is 416 g/mol. The summed E-state index contributed by atoms with van der Waals surface area (Å²) in [6.07, 6.45) is 2.47. The molecule has 0 amide bonds. The predicted octanol–water partition coefficient (Wildman–Crippen LogP) is 3.32. The minimum atomic E-state index is 0.281. The van der Waals surface area contributed by atoms with Gasteiger partial charge in [-0.05, 0) is 38.8 Å². The van der Waals surface area contributed by atoms with Crippen LogP contribution in [0.1, 0.15) is 41.8 Å². The number of nitrogens with zero attached hydrogens (tertiary/aromatic N) is 3. The summed E-state index contributed by atoms with van der Waals surface area (Å²) in [7, 11) is 0. The molecule has 2 unspecified atom stereocenters. The van der Waals surface area contributed by atoms with Crippen molar-refractivity contribution < 1.29 is 4.74 Å². The maximum absolute atomic E-state index is 5.87. The van der Waals surface area contributed by atoms with Crippen LogP contribution in [0.4, 0.5) is 0 Å². The summed E-state index contributed by atoms with van der Waals surface area (Å²) < 4.78 is 5.87. The van der Waals surface area contributed by atoms with Gasteiger partial charge in [-0.15, -0.1) is 11.3 Å². The van der Waals surface area contributed by atoms with Crippen molar-refractivity contribution >= 4 is 17.3 Å². The van der Waals surface area contributed by atoms with Gasteiger partial charge in [0, 0.05) is 37.3 Å². The molecule has 1 aromatic heterocycles. The van der Waals surface area contributed by atoms with Gasteiger partial charge in [-0.25, -0.2) is 9.98 Å². The van der Waals surface area contributed by atoms with E-state index >= 15 is 0 Å². The molecule has 1 aromatic carbocycles. The van der Waals surface area contributed by atoms with E-state index in [1.807, 2.05) is 6.20 Å². The summed E-state index contributed by atoms with van der Waals surface area (Å²) in [6.45, 7) is 13.5. The van der Waals surface area contributed by atoms with Crippen LogP contribution in [0.15, 0.2) is 35.5 Å². The zero-order chi connectivity index (χ0) is 20.6. The van der Waals surface area contributed by atoms with Gasteiger partial charge in [0.1, 0.15) is 5.01 Å². The minimum absolute atomic E-state index is 0.281. The van der Waals surface area contributed by atoms with Crippen LogP contribution in [0.2, 0.25) is 0 Å². The zero-order valence-corrected chi connectivity index (χ0v) is 18.8. The number of ether oxygens (including phenoxy) is 1. The molecule has 0 aliphatic carbocycles. The first-order chi connectivity index (χ1) is 14.0. The molecular formula is C22H33N5OS. The fraction of sp³-hybridized carbons (Fsp3) is 0.545. The lowest BCUT2D eigenvalue weighted by atomic mass is 10.1. The first-order valence-corrected chi connectivity index (χ1v) is 11.2. The minimum Gasteiger partial charge on any atom is -0.373 e. The monoisotopic (exact) mass is 415 g/mol. The molecule has 29 heavy (non-hydrogen) atoms. The highest BCUT2D eigenvalue weighted by atomic mass is 32.1. The molecule has 1 aliphatic heterocycles. The number of thiazole rings is 1. The lowest BCUT2D eigenvalue weighted by molar-refractivity contribution is -0.0705. The molecule has 2 aromatic rings. The number of morpholine rings is 1. The van der Waals surface area contributed by atoms with Crippen molar-refractivity contribution in [3.63, 3.8) is 0 Å². The van der Waals surface area contributed by atoms with Crippen LogP contribution in [0.25, 0.3) is 0 Å². The number of rotatable bonds is 7. The normalized spacial score (nSPS) is 20.6. The summed E-state index contributed by atoms with van der Waals surface area (Å²) in [5, 5.41) is 7.80. The first kappa shape index (κ1) is 21.7. The molecule has 0 saturated carbocycles. The van der Waals surface area contributed by atoms with Crippen LogP contribution >= 0.6 is 11.3 Å². The predicted molar refractivity (Wildman–Crippen MR) is 120 cm³/mol. The van der Waals surface area contributed by atoms with Crippen LogP contribution < -0.4 is 10.6 Å². The molecule has 2 atom stereocenters. The Morgan fingerprint density at radius 1 is 1.21 bits per heavy atom. The van der Waals surface area contributed by atoms with E-state index < -0.39 is 0 Å². The zero-order valence-electron chi connectivity index (χ0n) is 17.9. The van der Waals surface area contributed by atoms with Gasteiger partial charge in [-0.3, -0.25) is 4.90 Å². The molecule has 0 radical (unpaired) electrons. The lowest BCUT2D eigenvalue weighted by Gasteiger charge is -2.35. The van der Waals surface area contributed by atoms with Gasteiger partial charge >= 0.3 is 0 Å². The Morgan fingerprint density at radius 3 is 2.59 bits per heavy atom. The quantitative estimate of drug-likeness (QED) is 0.537. The third kappa shape index (κ3) is 6.80. The summed E-state index contributed by atoms with van der Waals surface area (Å²) in [4.78, 5) is 12.9. The molecule has 1 saturated heterocycles. The topological polar surface area (TPSA) is 61.8 Å². The highest BCUT2D eigenvalue weighted by molar-refractivity contribution is 7.11. The molecule has 158 valence electrons. The van der Waals surface area contributed by atoms with Crippen molar-refractivity contribution in [3.05, 3.63) is 51.5 Å². The smallest absolute Gasteiger partial charge is 0.191 e. The van der Waals surface area contributed by atoms with Crippen molar-refractivity contribution in [1.82, 2.24) is 20.5 Å². The van der Waals surface area contributed by atoms with Crippen molar-refractivity contribution in [1.29, 1.82) is 0 Å². The Bertz CT molecular complexity index is 796. The van der Waals surface area contributed by atoms with Gasteiger partial charge in [0.15, 0.2) is 5.96 Å². The Labute approximate surface area is 178 Å². The standard InChI is InChI=1S/C22H33N5OS/c1-5-23-22(26-12-21-24-10-18(4)29-21)25-11-19-8-6-7-9-20(19)15-27-13-16(2)28-17(3)14-27/h6-10,16-17H,5,11-15H2,1-4H3,(H2,23,25,26). The molecular weight excluding hydrogens is 382 g/mol. The number of guanidine groups is 1. The summed E-state index contributed by atoms with van der Waals surface area (Å²) >= 11 is 1.71. The van der Waals surface area contributed by atoms with E-state index in [2.05, 4.69) is 72.5 Å². The third-order valence-corrected chi connectivity index (χ3v) is 5.75. The molecule has 7 heteroatoms. The van der Waals surface area contributed by atoms with E-state index in [9.17, 15) is 0 Å². The number of nitrogens with one attached hydrogen (secondary N) is 2. The molecule has 1 aliphatic rings. The van der Waals surface area contributed by atoms with E-state index in [-0.39, 0.29) is 12.2 Å². The van der Waals surface area contributed by atoms with Gasteiger partial charge in [0.25, 0.3) is 0 Å². The van der Waals surface area contributed by atoms with Crippen LogP contribution in [0, 0.1) is 6.92 Å². The summed E-state index contributed by atoms with van der Waals surface area (Å²) in [5.74, 6) is 0.823. The average Bonchev–Trinajstić information content (AvgIpc) is 3.09. The molecule has 6 nitrogen and oxygen atoms in total. The second-order valence-electron chi connectivity index (χ2n) is 7.63. The van der Waals surface area contributed by atoms with Crippen molar-refractivity contribution in [2.45, 2.75) is 59.5 Å². The second kappa shape index (κ2) is 10.7.